The smallest absolute Gasteiger partial charge is 0.462 e. The van der Waals surface area contributed by atoms with Crippen LogP contribution in [-0.4, -0.2) is 49.3 Å². The molecule has 0 bridgehead atoms. The monoisotopic (exact) mass is 1410 g/mol. The Hall–Kier alpha value is -1.77. The van der Waals surface area contributed by atoms with Crippen molar-refractivity contribution >= 4 is 19.8 Å². The first kappa shape index (κ1) is 97.2. The standard InChI is InChI=1S/C89H172NO8P/c1-3-5-7-9-11-13-15-17-19-21-23-25-27-29-31-33-35-37-39-41-42-43-44-46-47-49-51-53-55-57-59-61-63-65-67-69-71-73-75-77-79-81-88(91)95-85-87(86-97-99(93,94)96-84-83-90)98-89(92)82-80-78-76-74-72-70-68-66-64-62-60-58-56-54-52-50-48-45-40-38-36-34-32-30-28-26-24-22-20-18-16-14-12-10-8-6-4-2/h16,18,22,24,28,30,87H,3-15,17,19-21,23,25-27,29,31-86,90H2,1-2H3,(H,93,94)/b18-16-,24-22-,30-28-. The number of ether oxygens (including phenoxy) is 2. The summed E-state index contributed by atoms with van der Waals surface area (Å²) in [6, 6.07) is 0. The summed E-state index contributed by atoms with van der Waals surface area (Å²) in [7, 11) is -4.40. The first-order chi connectivity index (χ1) is 48.8. The summed E-state index contributed by atoms with van der Waals surface area (Å²) < 4.78 is 33.3. The van der Waals surface area contributed by atoms with E-state index in [1.165, 1.54) is 411 Å². The average Bonchev–Trinajstić information content (AvgIpc) is 1.64. The summed E-state index contributed by atoms with van der Waals surface area (Å²) in [5.74, 6) is -0.798. The second-order valence-corrected chi connectivity index (χ2v) is 31.9. The van der Waals surface area contributed by atoms with Crippen LogP contribution in [-0.2, 0) is 32.7 Å². The van der Waals surface area contributed by atoms with Gasteiger partial charge in [-0.25, -0.2) is 4.57 Å². The highest BCUT2D eigenvalue weighted by molar-refractivity contribution is 7.47. The van der Waals surface area contributed by atoms with Crippen LogP contribution in [0.25, 0.3) is 0 Å². The Labute approximate surface area is 617 Å². The molecule has 0 aromatic rings. The number of allylic oxidation sites excluding steroid dienone is 6. The summed E-state index contributed by atoms with van der Waals surface area (Å²) in [6.45, 7) is 3.83. The first-order valence-corrected chi connectivity index (χ1v) is 46.0. The Balaban J connectivity index is 3.69. The zero-order valence-corrected chi connectivity index (χ0v) is 67.4. The summed E-state index contributed by atoms with van der Waals surface area (Å²) in [4.78, 5) is 35.5. The molecule has 0 aliphatic carbocycles. The van der Waals surface area contributed by atoms with Gasteiger partial charge in [0.2, 0.25) is 0 Å². The van der Waals surface area contributed by atoms with E-state index < -0.39 is 26.5 Å². The average molecular weight is 1420 g/mol. The molecular weight excluding hydrogens is 1240 g/mol. The van der Waals surface area contributed by atoms with E-state index >= 15 is 0 Å². The fourth-order valence-corrected chi connectivity index (χ4v) is 14.7. The number of unbranched alkanes of at least 4 members (excludes halogenated alkanes) is 67. The zero-order valence-electron chi connectivity index (χ0n) is 66.5. The van der Waals surface area contributed by atoms with Crippen LogP contribution in [0.5, 0.6) is 0 Å². The van der Waals surface area contributed by atoms with E-state index in [1.807, 2.05) is 0 Å². The third kappa shape index (κ3) is 85.1. The molecule has 0 saturated heterocycles. The SMILES string of the molecule is CCCCCCC/C=C\C/C=C\C/C=C\CCCCCCCCCCCCCCCCCCCCCCCCC(=O)OC(COC(=O)CCCCCCCCCCCCCCCCCCCCCCCCCCCCCCCCCCCCCCCCCCC)COP(=O)(O)OCCN. The Morgan fingerprint density at radius 3 is 0.778 bits per heavy atom. The van der Waals surface area contributed by atoms with Crippen LogP contribution in [0.2, 0.25) is 0 Å². The van der Waals surface area contributed by atoms with Gasteiger partial charge in [-0.1, -0.05) is 461 Å². The first-order valence-electron chi connectivity index (χ1n) is 44.5. The van der Waals surface area contributed by atoms with E-state index in [9.17, 15) is 19.0 Å². The van der Waals surface area contributed by atoms with Gasteiger partial charge in [0.05, 0.1) is 13.2 Å². The Morgan fingerprint density at radius 2 is 0.525 bits per heavy atom. The van der Waals surface area contributed by atoms with Crippen molar-refractivity contribution in [3.8, 4) is 0 Å². The van der Waals surface area contributed by atoms with Crippen LogP contribution in [0.1, 0.15) is 489 Å². The molecule has 3 N–H and O–H groups in total. The van der Waals surface area contributed by atoms with Gasteiger partial charge in [-0.05, 0) is 51.4 Å². The lowest BCUT2D eigenvalue weighted by atomic mass is 10.0. The number of hydrogen-bond acceptors (Lipinski definition) is 8. The topological polar surface area (TPSA) is 134 Å². The summed E-state index contributed by atoms with van der Waals surface area (Å²) in [5, 5.41) is 0. The molecule has 10 heteroatoms. The molecule has 0 amide bonds. The van der Waals surface area contributed by atoms with Crippen molar-refractivity contribution in [1.29, 1.82) is 0 Å². The van der Waals surface area contributed by atoms with Gasteiger partial charge in [-0.3, -0.25) is 18.6 Å². The highest BCUT2D eigenvalue weighted by Crippen LogP contribution is 2.43. The minimum Gasteiger partial charge on any atom is -0.462 e. The normalized spacial score (nSPS) is 12.9. The Bertz CT molecular complexity index is 1720. The molecule has 0 aliphatic heterocycles. The largest absolute Gasteiger partial charge is 0.472 e. The molecule has 0 spiro atoms. The van der Waals surface area contributed by atoms with E-state index in [1.54, 1.807) is 0 Å². The molecular formula is C89H172NO8P. The maximum Gasteiger partial charge on any atom is 0.472 e. The lowest BCUT2D eigenvalue weighted by Gasteiger charge is -2.19. The molecule has 2 unspecified atom stereocenters. The Morgan fingerprint density at radius 1 is 0.303 bits per heavy atom. The molecule has 0 radical (unpaired) electrons. The maximum atomic E-state index is 12.8. The molecule has 99 heavy (non-hydrogen) atoms. The molecule has 2 atom stereocenters. The van der Waals surface area contributed by atoms with Gasteiger partial charge in [-0.15, -0.1) is 0 Å². The second kappa shape index (κ2) is 85.2. The molecule has 0 aliphatic rings. The van der Waals surface area contributed by atoms with Crippen molar-refractivity contribution in [2.75, 3.05) is 26.4 Å². The minimum absolute atomic E-state index is 0.0569. The van der Waals surface area contributed by atoms with Crippen LogP contribution in [0.4, 0.5) is 0 Å². The number of phosphoric ester groups is 1. The van der Waals surface area contributed by atoms with Gasteiger partial charge < -0.3 is 20.1 Å². The summed E-state index contributed by atoms with van der Waals surface area (Å²) >= 11 is 0. The van der Waals surface area contributed by atoms with Crippen molar-refractivity contribution in [2.45, 2.75) is 495 Å². The zero-order chi connectivity index (χ0) is 71.5. The van der Waals surface area contributed by atoms with Crippen molar-refractivity contribution in [3.63, 3.8) is 0 Å². The molecule has 586 valence electrons. The van der Waals surface area contributed by atoms with E-state index in [-0.39, 0.29) is 38.6 Å². The maximum absolute atomic E-state index is 12.8. The highest BCUT2D eigenvalue weighted by Gasteiger charge is 2.26. The van der Waals surface area contributed by atoms with Gasteiger partial charge in [0.15, 0.2) is 6.10 Å². The predicted octanol–water partition coefficient (Wildman–Crippen LogP) is 30.1. The number of phosphoric acid groups is 1. The number of carbonyl (C=O) groups excluding carboxylic acids is 2. The van der Waals surface area contributed by atoms with Gasteiger partial charge in [0, 0.05) is 19.4 Å². The van der Waals surface area contributed by atoms with Crippen molar-refractivity contribution < 1.29 is 37.6 Å². The molecule has 0 saturated carbocycles. The Kier molecular flexibility index (Phi) is 83.6. The van der Waals surface area contributed by atoms with Crippen molar-refractivity contribution in [1.82, 2.24) is 0 Å². The third-order valence-corrected chi connectivity index (χ3v) is 21.5. The van der Waals surface area contributed by atoms with Gasteiger partial charge in [0.1, 0.15) is 6.61 Å². The second-order valence-electron chi connectivity index (χ2n) is 30.5. The number of nitrogens with two attached hydrogens (primary N) is 1. The molecule has 0 rings (SSSR count). The van der Waals surface area contributed by atoms with E-state index in [4.69, 9.17) is 24.3 Å². The van der Waals surface area contributed by atoms with Crippen molar-refractivity contribution in [3.05, 3.63) is 36.5 Å². The van der Waals surface area contributed by atoms with Crippen LogP contribution >= 0.6 is 7.82 Å². The number of esters is 2. The van der Waals surface area contributed by atoms with E-state index in [0.717, 1.165) is 44.9 Å². The predicted molar refractivity (Wildman–Crippen MR) is 432 cm³/mol. The van der Waals surface area contributed by atoms with Crippen LogP contribution in [0, 0.1) is 0 Å². The van der Waals surface area contributed by atoms with Gasteiger partial charge >= 0.3 is 19.8 Å². The molecule has 0 aromatic carbocycles. The van der Waals surface area contributed by atoms with E-state index in [0.29, 0.717) is 6.42 Å². The molecule has 0 fully saturated rings. The molecule has 9 nitrogen and oxygen atoms in total. The van der Waals surface area contributed by atoms with Gasteiger partial charge in [0.25, 0.3) is 0 Å². The van der Waals surface area contributed by atoms with Crippen LogP contribution in [0.15, 0.2) is 36.5 Å². The number of hydrogen-bond donors (Lipinski definition) is 2. The molecule has 0 heterocycles. The third-order valence-electron chi connectivity index (χ3n) is 20.5. The van der Waals surface area contributed by atoms with Crippen molar-refractivity contribution in [2.24, 2.45) is 5.73 Å². The lowest BCUT2D eigenvalue weighted by Crippen LogP contribution is -2.29. The fraction of sp³-hybridized carbons (Fsp3) is 0.910. The quantitative estimate of drug-likeness (QED) is 0.0264. The lowest BCUT2D eigenvalue weighted by molar-refractivity contribution is -0.161. The molecule has 0 aromatic heterocycles. The van der Waals surface area contributed by atoms with E-state index in [2.05, 4.69) is 50.3 Å². The summed E-state index contributed by atoms with van der Waals surface area (Å²) in [5.41, 5.74) is 5.42. The number of carbonyl (C=O) groups is 2. The summed E-state index contributed by atoms with van der Waals surface area (Å²) in [6.07, 6.45) is 111. The van der Waals surface area contributed by atoms with Crippen LogP contribution < -0.4 is 5.73 Å². The van der Waals surface area contributed by atoms with Gasteiger partial charge in [-0.2, -0.15) is 0 Å². The number of rotatable bonds is 86. The van der Waals surface area contributed by atoms with Crippen LogP contribution in [0.3, 0.4) is 0 Å². The highest BCUT2D eigenvalue weighted by atomic mass is 31.2. The fourth-order valence-electron chi connectivity index (χ4n) is 13.9. The minimum atomic E-state index is -4.40.